The number of rotatable bonds is 3. The Labute approximate surface area is 131 Å². The van der Waals surface area contributed by atoms with Gasteiger partial charge in [0.25, 0.3) is 11.6 Å². The summed E-state index contributed by atoms with van der Waals surface area (Å²) in [6, 6.07) is 9.88. The summed E-state index contributed by atoms with van der Waals surface area (Å²) in [6.45, 7) is 0.890. The first-order chi connectivity index (χ1) is 11.1. The molecular weight excluding hydrogens is 300 g/mol. The lowest BCUT2D eigenvalue weighted by molar-refractivity contribution is -0.384. The van der Waals surface area contributed by atoms with Crippen LogP contribution >= 0.6 is 0 Å². The Morgan fingerprint density at radius 1 is 1.22 bits per heavy atom. The number of amides is 1. The Morgan fingerprint density at radius 3 is 2.91 bits per heavy atom. The monoisotopic (exact) mass is 312 g/mol. The van der Waals surface area contributed by atoms with Crippen LogP contribution in [-0.2, 0) is 13.1 Å². The smallest absolute Gasteiger partial charge is 0.269 e. The lowest BCUT2D eigenvalue weighted by Gasteiger charge is -2.16. The first kappa shape index (κ1) is 13.6. The molecule has 7 nitrogen and oxygen atoms in total. The van der Waals surface area contributed by atoms with Gasteiger partial charge in [0.05, 0.1) is 11.5 Å². The van der Waals surface area contributed by atoms with Crippen LogP contribution in [0.2, 0.25) is 0 Å². The fraction of sp³-hybridized carbons (Fsp3) is 0.188. The Balaban J connectivity index is 1.61. The zero-order chi connectivity index (χ0) is 16.0. The molecule has 0 atom stereocenters. The molecule has 2 aromatic carbocycles. The summed E-state index contributed by atoms with van der Waals surface area (Å²) in [5, 5.41) is 10.9. The minimum atomic E-state index is -0.456. The highest BCUT2D eigenvalue weighted by molar-refractivity contribution is 5.98. The third kappa shape index (κ3) is 2.17. The minimum absolute atomic E-state index is 0.00395. The molecule has 2 aromatic rings. The Bertz CT molecular complexity index is 833. The van der Waals surface area contributed by atoms with Crippen molar-refractivity contribution in [3.63, 3.8) is 0 Å². The molecule has 0 bridgehead atoms. The van der Waals surface area contributed by atoms with E-state index in [2.05, 4.69) is 0 Å². The molecule has 0 aliphatic carbocycles. The van der Waals surface area contributed by atoms with Crippen LogP contribution in [0.5, 0.6) is 11.5 Å². The van der Waals surface area contributed by atoms with Gasteiger partial charge >= 0.3 is 0 Å². The van der Waals surface area contributed by atoms with E-state index in [1.807, 2.05) is 18.2 Å². The quantitative estimate of drug-likeness (QED) is 0.642. The zero-order valence-corrected chi connectivity index (χ0v) is 12.0. The molecule has 0 fully saturated rings. The van der Waals surface area contributed by atoms with Crippen molar-refractivity contribution in [1.82, 2.24) is 4.90 Å². The van der Waals surface area contributed by atoms with Gasteiger partial charge in [-0.1, -0.05) is 12.1 Å². The van der Waals surface area contributed by atoms with Gasteiger partial charge in [0.2, 0.25) is 6.79 Å². The van der Waals surface area contributed by atoms with Crippen LogP contribution in [-0.4, -0.2) is 22.5 Å². The van der Waals surface area contributed by atoms with E-state index in [0.717, 1.165) is 5.56 Å². The van der Waals surface area contributed by atoms with Crippen molar-refractivity contribution in [2.45, 2.75) is 13.1 Å². The third-order valence-corrected chi connectivity index (χ3v) is 4.02. The number of benzene rings is 2. The molecule has 4 rings (SSSR count). The van der Waals surface area contributed by atoms with Gasteiger partial charge in [-0.15, -0.1) is 0 Å². The number of non-ortho nitro benzene ring substituents is 1. The summed E-state index contributed by atoms with van der Waals surface area (Å²) in [6.07, 6.45) is 0. The van der Waals surface area contributed by atoms with Gasteiger partial charge in [0.1, 0.15) is 0 Å². The van der Waals surface area contributed by atoms with Gasteiger partial charge in [-0.2, -0.15) is 0 Å². The van der Waals surface area contributed by atoms with Gasteiger partial charge in [-0.3, -0.25) is 14.9 Å². The first-order valence-corrected chi connectivity index (χ1v) is 7.07. The molecule has 0 N–H and O–H groups in total. The fourth-order valence-electron chi connectivity index (χ4n) is 2.93. The van der Waals surface area contributed by atoms with Crippen LogP contribution in [0.1, 0.15) is 21.5 Å². The summed E-state index contributed by atoms with van der Waals surface area (Å²) >= 11 is 0. The molecule has 1 amide bonds. The number of fused-ring (bicyclic) bond motifs is 2. The average molecular weight is 312 g/mol. The average Bonchev–Trinajstić information content (AvgIpc) is 3.13. The number of hydrogen-bond donors (Lipinski definition) is 0. The molecule has 116 valence electrons. The Kier molecular flexibility index (Phi) is 2.94. The third-order valence-electron chi connectivity index (χ3n) is 4.02. The Hall–Kier alpha value is -3.09. The van der Waals surface area contributed by atoms with Crippen LogP contribution in [0.15, 0.2) is 36.4 Å². The van der Waals surface area contributed by atoms with Crippen LogP contribution < -0.4 is 9.47 Å². The number of nitro groups is 1. The molecule has 2 heterocycles. The molecule has 0 radical (unpaired) electrons. The van der Waals surface area contributed by atoms with Gasteiger partial charge in [0, 0.05) is 29.8 Å². The van der Waals surface area contributed by atoms with E-state index in [4.69, 9.17) is 9.47 Å². The van der Waals surface area contributed by atoms with Crippen LogP contribution in [0, 0.1) is 10.1 Å². The highest BCUT2D eigenvalue weighted by Crippen LogP contribution is 2.37. The second kappa shape index (κ2) is 4.98. The topological polar surface area (TPSA) is 81.9 Å². The van der Waals surface area contributed by atoms with Gasteiger partial charge in [-0.25, -0.2) is 0 Å². The molecule has 0 spiro atoms. The molecule has 0 saturated carbocycles. The normalized spacial score (nSPS) is 15.0. The lowest BCUT2D eigenvalue weighted by Crippen LogP contribution is -2.23. The van der Waals surface area contributed by atoms with Crippen LogP contribution in [0.4, 0.5) is 5.69 Å². The number of ether oxygens (including phenoxy) is 2. The number of nitrogens with zero attached hydrogens (tertiary/aromatic N) is 2. The lowest BCUT2D eigenvalue weighted by atomic mass is 10.1. The molecule has 2 aliphatic rings. The van der Waals surface area contributed by atoms with Crippen molar-refractivity contribution < 1.29 is 19.2 Å². The van der Waals surface area contributed by atoms with Crippen LogP contribution in [0.3, 0.4) is 0 Å². The van der Waals surface area contributed by atoms with Gasteiger partial charge in [0.15, 0.2) is 11.5 Å². The van der Waals surface area contributed by atoms with E-state index in [9.17, 15) is 14.9 Å². The molecule has 7 heteroatoms. The number of carbonyl (C=O) groups is 1. The Morgan fingerprint density at radius 2 is 2.09 bits per heavy atom. The largest absolute Gasteiger partial charge is 0.454 e. The SMILES string of the molecule is O=C1c2ccc([N+](=O)[O-])cc2CN1Cc1cccc2c1OCO2. The first-order valence-electron chi connectivity index (χ1n) is 7.07. The van der Waals surface area contributed by atoms with E-state index in [1.54, 1.807) is 4.90 Å². The molecular formula is C16H12N2O5. The molecule has 0 saturated heterocycles. The minimum Gasteiger partial charge on any atom is -0.454 e. The van der Waals surface area contributed by atoms with Gasteiger partial charge in [-0.05, 0) is 17.7 Å². The number of hydrogen-bond acceptors (Lipinski definition) is 5. The van der Waals surface area contributed by atoms with E-state index >= 15 is 0 Å². The summed E-state index contributed by atoms with van der Waals surface area (Å²) in [5.74, 6) is 1.19. The van der Waals surface area contributed by atoms with E-state index < -0.39 is 4.92 Å². The maximum Gasteiger partial charge on any atom is 0.269 e. The van der Waals surface area contributed by atoms with E-state index in [1.165, 1.54) is 18.2 Å². The standard InChI is InChI=1S/C16H12N2O5/c19-16-13-5-4-12(18(20)21)6-11(13)8-17(16)7-10-2-1-3-14-15(10)23-9-22-14/h1-6H,7-9H2. The van der Waals surface area contributed by atoms with Crippen molar-refractivity contribution in [3.8, 4) is 11.5 Å². The van der Waals surface area contributed by atoms with E-state index in [-0.39, 0.29) is 18.4 Å². The molecule has 23 heavy (non-hydrogen) atoms. The summed E-state index contributed by atoms with van der Waals surface area (Å²) in [7, 11) is 0. The second-order valence-corrected chi connectivity index (χ2v) is 5.41. The van der Waals surface area contributed by atoms with Crippen molar-refractivity contribution >= 4 is 11.6 Å². The van der Waals surface area contributed by atoms with E-state index in [0.29, 0.717) is 35.7 Å². The summed E-state index contributed by atoms with van der Waals surface area (Å²) in [5.41, 5.74) is 2.04. The van der Waals surface area contributed by atoms with Crippen molar-refractivity contribution in [1.29, 1.82) is 0 Å². The summed E-state index contributed by atoms with van der Waals surface area (Å²) < 4.78 is 10.8. The summed E-state index contributed by atoms with van der Waals surface area (Å²) in [4.78, 5) is 24.5. The number of carbonyl (C=O) groups excluding carboxylic acids is 1. The van der Waals surface area contributed by atoms with Gasteiger partial charge < -0.3 is 14.4 Å². The molecule has 0 aromatic heterocycles. The maximum absolute atomic E-state index is 12.5. The number of para-hydroxylation sites is 1. The second-order valence-electron chi connectivity index (χ2n) is 5.41. The maximum atomic E-state index is 12.5. The number of nitro benzene ring substituents is 1. The zero-order valence-electron chi connectivity index (χ0n) is 12.0. The fourth-order valence-corrected chi connectivity index (χ4v) is 2.93. The van der Waals surface area contributed by atoms with Crippen LogP contribution in [0.25, 0.3) is 0 Å². The van der Waals surface area contributed by atoms with Crippen molar-refractivity contribution in [2.24, 2.45) is 0 Å². The highest BCUT2D eigenvalue weighted by atomic mass is 16.7. The molecule has 2 aliphatic heterocycles. The highest BCUT2D eigenvalue weighted by Gasteiger charge is 2.30. The predicted molar refractivity (Wildman–Crippen MR) is 79.2 cm³/mol. The predicted octanol–water partition coefficient (Wildman–Crippen LogP) is 2.48. The van der Waals surface area contributed by atoms with Crippen molar-refractivity contribution in [2.75, 3.05) is 6.79 Å². The van der Waals surface area contributed by atoms with Crippen molar-refractivity contribution in [3.05, 3.63) is 63.2 Å². The molecule has 0 unspecified atom stereocenters.